The quantitative estimate of drug-likeness (QED) is 0.607. The van der Waals surface area contributed by atoms with Crippen molar-refractivity contribution < 1.29 is 23.6 Å². The van der Waals surface area contributed by atoms with Crippen LogP contribution in [-0.2, 0) is 11.4 Å². The first-order valence-corrected chi connectivity index (χ1v) is 9.36. The molecule has 1 amide bonds. The van der Waals surface area contributed by atoms with Gasteiger partial charge in [-0.05, 0) is 55.0 Å². The lowest BCUT2D eigenvalue weighted by Gasteiger charge is -2.12. The highest BCUT2D eigenvalue weighted by molar-refractivity contribution is 5.91. The number of ether oxygens (including phenoxy) is 1. The zero-order valence-electron chi connectivity index (χ0n) is 16.1. The minimum absolute atomic E-state index is 0.159. The minimum atomic E-state index is -0.887. The first kappa shape index (κ1) is 20.5. The number of hydrogen-bond donors (Lipinski definition) is 2. The number of rotatable bonds is 8. The van der Waals surface area contributed by atoms with Crippen molar-refractivity contribution in [3.05, 3.63) is 95.6 Å². The van der Waals surface area contributed by atoms with Crippen LogP contribution in [0.1, 0.15) is 24.1 Å². The molecule has 0 bridgehead atoms. The SMILES string of the molecule is C[C@H]([NH2+]CC(=O)Nc1ccc(OCc2ccccc2)cc1)c1ccc(F)c(F)c1. The van der Waals surface area contributed by atoms with Crippen molar-refractivity contribution in [1.29, 1.82) is 0 Å². The van der Waals surface area contributed by atoms with Crippen molar-refractivity contribution in [2.24, 2.45) is 0 Å². The minimum Gasteiger partial charge on any atom is -0.489 e. The Morgan fingerprint density at radius 2 is 1.72 bits per heavy atom. The Balaban J connectivity index is 1.45. The lowest BCUT2D eigenvalue weighted by atomic mass is 10.1. The summed E-state index contributed by atoms with van der Waals surface area (Å²) in [7, 11) is 0. The fourth-order valence-electron chi connectivity index (χ4n) is 2.80. The second-order valence-electron chi connectivity index (χ2n) is 6.75. The maximum atomic E-state index is 13.3. The molecule has 0 aliphatic rings. The number of halogens is 2. The van der Waals surface area contributed by atoms with Gasteiger partial charge >= 0.3 is 0 Å². The van der Waals surface area contributed by atoms with E-state index in [0.717, 1.165) is 17.7 Å². The van der Waals surface area contributed by atoms with Gasteiger partial charge in [-0.1, -0.05) is 30.3 Å². The van der Waals surface area contributed by atoms with Gasteiger partial charge in [-0.2, -0.15) is 0 Å². The highest BCUT2D eigenvalue weighted by atomic mass is 19.2. The second-order valence-corrected chi connectivity index (χ2v) is 6.75. The van der Waals surface area contributed by atoms with Crippen LogP contribution in [0.25, 0.3) is 0 Å². The smallest absolute Gasteiger partial charge is 0.279 e. The standard InChI is InChI=1S/C23H22F2N2O2/c1-16(18-7-12-21(24)22(25)13-18)26-14-23(28)27-19-8-10-20(11-9-19)29-15-17-5-3-2-4-6-17/h2-13,16,26H,14-15H2,1H3,(H,27,28)/p+1/t16-/m0/s1. The molecule has 0 saturated carbocycles. The van der Waals surface area contributed by atoms with Crippen LogP contribution in [0, 0.1) is 11.6 Å². The molecule has 0 aromatic heterocycles. The molecule has 3 N–H and O–H groups in total. The number of quaternary nitrogens is 1. The van der Waals surface area contributed by atoms with Gasteiger partial charge in [0.1, 0.15) is 18.4 Å². The number of carbonyl (C=O) groups is 1. The predicted molar refractivity (Wildman–Crippen MR) is 107 cm³/mol. The van der Waals surface area contributed by atoms with Crippen LogP contribution in [0.3, 0.4) is 0 Å². The second kappa shape index (κ2) is 9.80. The van der Waals surface area contributed by atoms with E-state index in [9.17, 15) is 13.6 Å². The van der Waals surface area contributed by atoms with E-state index in [4.69, 9.17) is 4.74 Å². The van der Waals surface area contributed by atoms with Crippen molar-refractivity contribution in [3.8, 4) is 5.75 Å². The molecular formula is C23H23F2N2O2+. The van der Waals surface area contributed by atoms with Crippen molar-refractivity contribution >= 4 is 11.6 Å². The van der Waals surface area contributed by atoms with E-state index >= 15 is 0 Å². The van der Waals surface area contributed by atoms with Gasteiger partial charge in [-0.15, -0.1) is 0 Å². The van der Waals surface area contributed by atoms with Crippen LogP contribution in [-0.4, -0.2) is 12.5 Å². The van der Waals surface area contributed by atoms with Crippen molar-refractivity contribution in [2.75, 3.05) is 11.9 Å². The highest BCUT2D eigenvalue weighted by Gasteiger charge is 2.14. The third-order valence-electron chi connectivity index (χ3n) is 4.51. The largest absolute Gasteiger partial charge is 0.489 e. The number of nitrogens with two attached hydrogens (primary N) is 1. The van der Waals surface area contributed by atoms with E-state index in [-0.39, 0.29) is 18.5 Å². The molecule has 0 heterocycles. The van der Waals surface area contributed by atoms with E-state index in [2.05, 4.69) is 5.32 Å². The fourth-order valence-corrected chi connectivity index (χ4v) is 2.80. The fraction of sp³-hybridized carbons (Fsp3) is 0.174. The van der Waals surface area contributed by atoms with Crippen LogP contribution < -0.4 is 15.4 Å². The van der Waals surface area contributed by atoms with E-state index < -0.39 is 11.6 Å². The van der Waals surface area contributed by atoms with E-state index in [0.29, 0.717) is 23.6 Å². The zero-order chi connectivity index (χ0) is 20.6. The summed E-state index contributed by atoms with van der Waals surface area (Å²) in [4.78, 5) is 12.2. The summed E-state index contributed by atoms with van der Waals surface area (Å²) in [6.07, 6.45) is 0. The molecule has 3 aromatic carbocycles. The Hall–Kier alpha value is -3.25. The Bertz CT molecular complexity index is 947. The predicted octanol–water partition coefficient (Wildman–Crippen LogP) is 3.81. The van der Waals surface area contributed by atoms with Crippen LogP contribution >= 0.6 is 0 Å². The van der Waals surface area contributed by atoms with Crippen LogP contribution in [0.15, 0.2) is 72.8 Å². The summed E-state index contributed by atoms with van der Waals surface area (Å²) >= 11 is 0. The summed E-state index contributed by atoms with van der Waals surface area (Å²) in [5, 5.41) is 4.57. The van der Waals surface area contributed by atoms with Gasteiger partial charge in [-0.25, -0.2) is 8.78 Å². The first-order chi connectivity index (χ1) is 14.0. The molecular weight excluding hydrogens is 374 g/mol. The summed E-state index contributed by atoms with van der Waals surface area (Å²) in [5.41, 5.74) is 2.36. The molecule has 4 nitrogen and oxygen atoms in total. The van der Waals surface area contributed by atoms with Gasteiger partial charge in [-0.3, -0.25) is 4.79 Å². The lowest BCUT2D eigenvalue weighted by molar-refractivity contribution is -0.682. The van der Waals surface area contributed by atoms with E-state index in [1.54, 1.807) is 29.6 Å². The Morgan fingerprint density at radius 1 is 1.00 bits per heavy atom. The number of benzene rings is 3. The van der Waals surface area contributed by atoms with Gasteiger partial charge < -0.3 is 15.4 Å². The maximum Gasteiger partial charge on any atom is 0.279 e. The van der Waals surface area contributed by atoms with Gasteiger partial charge in [0, 0.05) is 11.3 Å². The molecule has 0 spiro atoms. The molecule has 3 rings (SSSR count). The molecule has 0 saturated heterocycles. The Kier molecular flexibility index (Phi) is 6.92. The molecule has 29 heavy (non-hydrogen) atoms. The van der Waals surface area contributed by atoms with Crippen LogP contribution in [0.2, 0.25) is 0 Å². The summed E-state index contributed by atoms with van der Waals surface area (Å²) < 4.78 is 32.1. The number of carbonyl (C=O) groups excluding carboxylic acids is 1. The van der Waals surface area contributed by atoms with Crippen molar-refractivity contribution in [2.45, 2.75) is 19.6 Å². The van der Waals surface area contributed by atoms with E-state index in [1.165, 1.54) is 6.07 Å². The van der Waals surface area contributed by atoms with Crippen molar-refractivity contribution in [1.82, 2.24) is 0 Å². The average Bonchev–Trinajstić information content (AvgIpc) is 2.74. The van der Waals surface area contributed by atoms with E-state index in [1.807, 2.05) is 37.3 Å². The monoisotopic (exact) mass is 397 g/mol. The summed E-state index contributed by atoms with van der Waals surface area (Å²) in [6.45, 7) is 2.47. The number of amides is 1. The Morgan fingerprint density at radius 3 is 2.41 bits per heavy atom. The third-order valence-corrected chi connectivity index (χ3v) is 4.51. The molecule has 0 radical (unpaired) electrons. The maximum absolute atomic E-state index is 13.3. The third kappa shape index (κ3) is 6.12. The average molecular weight is 397 g/mol. The molecule has 0 fully saturated rings. The number of hydrogen-bond acceptors (Lipinski definition) is 2. The molecule has 0 aliphatic heterocycles. The zero-order valence-corrected chi connectivity index (χ0v) is 16.1. The molecule has 150 valence electrons. The van der Waals surface area contributed by atoms with Crippen LogP contribution in [0.5, 0.6) is 5.75 Å². The normalized spacial score (nSPS) is 11.7. The number of nitrogens with one attached hydrogen (secondary N) is 1. The van der Waals surface area contributed by atoms with Gasteiger partial charge in [0.15, 0.2) is 18.2 Å². The molecule has 0 aliphatic carbocycles. The summed E-state index contributed by atoms with van der Waals surface area (Å²) in [5.74, 6) is -1.24. The van der Waals surface area contributed by atoms with Crippen molar-refractivity contribution in [3.63, 3.8) is 0 Å². The van der Waals surface area contributed by atoms with Gasteiger partial charge in [0.25, 0.3) is 5.91 Å². The molecule has 1 atom stereocenters. The lowest BCUT2D eigenvalue weighted by Crippen LogP contribution is -2.86. The van der Waals surface area contributed by atoms with Crippen LogP contribution in [0.4, 0.5) is 14.5 Å². The number of anilines is 1. The summed E-state index contributed by atoms with van der Waals surface area (Å²) in [6, 6.07) is 20.6. The van der Waals surface area contributed by atoms with Gasteiger partial charge in [0.05, 0.1) is 0 Å². The molecule has 0 unspecified atom stereocenters. The van der Waals surface area contributed by atoms with Gasteiger partial charge in [0.2, 0.25) is 0 Å². The molecule has 6 heteroatoms. The first-order valence-electron chi connectivity index (χ1n) is 9.36. The Labute approximate surface area is 168 Å². The highest BCUT2D eigenvalue weighted by Crippen LogP contribution is 2.17. The molecule has 3 aromatic rings. The topological polar surface area (TPSA) is 54.9 Å².